The number of rotatable bonds is 5. The molecule has 4 heterocycles. The number of benzene rings is 1. The highest BCUT2D eigenvalue weighted by molar-refractivity contribution is 6.04. The summed E-state index contributed by atoms with van der Waals surface area (Å²) in [6, 6.07) is 3.19. The summed E-state index contributed by atoms with van der Waals surface area (Å²) in [6.07, 6.45) is 0.0412. The van der Waals surface area contributed by atoms with E-state index in [9.17, 15) is 14.7 Å². The zero-order chi connectivity index (χ0) is 29.8. The van der Waals surface area contributed by atoms with E-state index >= 15 is 4.39 Å². The number of pyridine rings is 1. The molecule has 0 saturated carbocycles. The summed E-state index contributed by atoms with van der Waals surface area (Å²) in [5, 5.41) is 11.0. The Hall–Kier alpha value is -3.50. The number of nitrogens with zero attached hydrogens (tertiary/aromatic N) is 4. The van der Waals surface area contributed by atoms with E-state index in [2.05, 4.69) is 4.90 Å². The first kappa shape index (κ1) is 29.0. The van der Waals surface area contributed by atoms with Gasteiger partial charge in [0.1, 0.15) is 11.3 Å². The topological polar surface area (TPSA) is 97.1 Å². The van der Waals surface area contributed by atoms with Crippen LogP contribution in [0.5, 0.6) is 5.75 Å². The van der Waals surface area contributed by atoms with Gasteiger partial charge in [-0.15, -0.1) is 0 Å². The molecule has 1 N–H and O–H groups in total. The summed E-state index contributed by atoms with van der Waals surface area (Å²) >= 11 is 0. The Bertz CT molecular complexity index is 1530. The molecule has 1 atom stereocenters. The van der Waals surface area contributed by atoms with Gasteiger partial charge in [0.25, 0.3) is 5.91 Å². The van der Waals surface area contributed by atoms with Crippen molar-refractivity contribution in [3.05, 3.63) is 46.0 Å². The number of piperazine rings is 1. The van der Waals surface area contributed by atoms with E-state index in [1.54, 1.807) is 45.4 Å². The Balaban J connectivity index is 1.81. The number of halogens is 1. The summed E-state index contributed by atoms with van der Waals surface area (Å²) in [5.41, 5.74) is 3.61. The lowest BCUT2D eigenvalue weighted by Gasteiger charge is -2.32. The van der Waals surface area contributed by atoms with Crippen molar-refractivity contribution in [1.82, 2.24) is 19.4 Å². The molecule has 3 aromatic rings. The normalized spacial score (nSPS) is 16.9. The van der Waals surface area contributed by atoms with Gasteiger partial charge in [-0.25, -0.2) is 14.2 Å². The van der Waals surface area contributed by atoms with E-state index in [0.717, 1.165) is 30.6 Å². The van der Waals surface area contributed by atoms with E-state index < -0.39 is 23.5 Å². The van der Waals surface area contributed by atoms with Gasteiger partial charge in [-0.1, -0.05) is 0 Å². The van der Waals surface area contributed by atoms with Gasteiger partial charge < -0.3 is 28.9 Å². The number of aliphatic carboxylic acids is 1. The van der Waals surface area contributed by atoms with Gasteiger partial charge in [0.15, 0.2) is 17.7 Å². The Labute approximate surface area is 239 Å². The van der Waals surface area contributed by atoms with Crippen LogP contribution in [0.2, 0.25) is 0 Å². The second kappa shape index (κ2) is 10.7. The molecule has 2 aliphatic rings. The smallest absolute Gasteiger partial charge is 0.337 e. The molecule has 0 bridgehead atoms. The number of carbonyl (C=O) groups is 2. The first-order chi connectivity index (χ1) is 19.3. The molecule has 1 fully saturated rings. The van der Waals surface area contributed by atoms with Crippen molar-refractivity contribution in [3.8, 4) is 16.9 Å². The minimum Gasteiger partial charge on any atom is -0.490 e. The molecular formula is C31H39FN4O5. The predicted molar refractivity (Wildman–Crippen MR) is 154 cm³/mol. The largest absolute Gasteiger partial charge is 0.490 e. The van der Waals surface area contributed by atoms with E-state index in [-0.39, 0.29) is 11.7 Å². The molecule has 2 aromatic heterocycles. The van der Waals surface area contributed by atoms with Gasteiger partial charge in [0.05, 0.1) is 12.2 Å². The number of fused-ring (bicyclic) bond motifs is 2. The van der Waals surface area contributed by atoms with Crippen LogP contribution in [-0.2, 0) is 23.0 Å². The lowest BCUT2D eigenvalue weighted by atomic mass is 9.86. The standard InChI is InChI=1S/C31H39FN4O5/c1-17-19-9-8-14-40-26(19)22(32)15-20(17)25-21-16-23(29(37)36-12-10-34(6)11-13-36)35(7)28(21)33-18(2)24(25)27(30(38)39)41-31(3,4)5/h15-16,27H,8-14H2,1-7H3,(H,38,39)/t27-/m0/s1. The summed E-state index contributed by atoms with van der Waals surface area (Å²) in [4.78, 5) is 35.3. The zero-order valence-electron chi connectivity index (χ0n) is 24.9. The van der Waals surface area contributed by atoms with Crippen molar-refractivity contribution in [2.24, 2.45) is 7.05 Å². The van der Waals surface area contributed by atoms with E-state index in [0.29, 0.717) is 65.2 Å². The number of hydrogen-bond acceptors (Lipinski definition) is 6. The molecule has 5 rings (SSSR count). The number of ether oxygens (including phenoxy) is 2. The van der Waals surface area contributed by atoms with Crippen LogP contribution in [0.15, 0.2) is 12.1 Å². The van der Waals surface area contributed by atoms with Crippen LogP contribution in [0.25, 0.3) is 22.2 Å². The number of hydrogen-bond donors (Lipinski definition) is 1. The molecule has 0 spiro atoms. The SMILES string of the molecule is Cc1nc2c(cc(C(=O)N3CCN(C)CC3)n2C)c(-c2cc(F)c3c(c2C)CCCO3)c1[C@H](OC(C)(C)C)C(=O)O. The predicted octanol–water partition coefficient (Wildman–Crippen LogP) is 4.65. The van der Waals surface area contributed by atoms with Crippen LogP contribution in [0.4, 0.5) is 4.39 Å². The highest BCUT2D eigenvalue weighted by atomic mass is 19.1. The molecule has 9 nitrogen and oxygen atoms in total. The van der Waals surface area contributed by atoms with Gasteiger partial charge >= 0.3 is 5.97 Å². The molecule has 0 aliphatic carbocycles. The number of likely N-dealkylation sites (N-methyl/N-ethyl adjacent to an activating group) is 1. The average molecular weight is 567 g/mol. The molecule has 2 aliphatic heterocycles. The first-order valence-corrected chi connectivity index (χ1v) is 14.1. The number of amides is 1. The molecule has 10 heteroatoms. The molecule has 0 radical (unpaired) electrons. The Morgan fingerprint density at radius 2 is 1.80 bits per heavy atom. The summed E-state index contributed by atoms with van der Waals surface area (Å²) in [5.74, 6) is -1.54. The third-order valence-corrected chi connectivity index (χ3v) is 8.08. The van der Waals surface area contributed by atoms with Crippen molar-refractivity contribution < 1.29 is 28.6 Å². The fourth-order valence-corrected chi connectivity index (χ4v) is 5.95. The van der Waals surface area contributed by atoms with Crippen molar-refractivity contribution in [2.75, 3.05) is 39.8 Å². The van der Waals surface area contributed by atoms with Crippen LogP contribution in [0.1, 0.15) is 66.2 Å². The van der Waals surface area contributed by atoms with Gasteiger partial charge in [-0.2, -0.15) is 0 Å². The number of carboxylic acids is 1. The summed E-state index contributed by atoms with van der Waals surface area (Å²) in [7, 11) is 3.82. The molecule has 41 heavy (non-hydrogen) atoms. The van der Waals surface area contributed by atoms with Crippen LogP contribution in [-0.4, -0.2) is 81.8 Å². The minimum absolute atomic E-state index is 0.119. The first-order valence-electron chi connectivity index (χ1n) is 14.1. The van der Waals surface area contributed by atoms with E-state index in [1.807, 2.05) is 18.9 Å². The molecule has 1 saturated heterocycles. The second-order valence-electron chi connectivity index (χ2n) is 12.1. The highest BCUT2D eigenvalue weighted by Gasteiger charge is 2.35. The fourth-order valence-electron chi connectivity index (χ4n) is 5.95. The Kier molecular flexibility index (Phi) is 7.59. The highest BCUT2D eigenvalue weighted by Crippen LogP contribution is 2.44. The summed E-state index contributed by atoms with van der Waals surface area (Å²) < 4.78 is 29.1. The van der Waals surface area contributed by atoms with Gasteiger partial charge in [-0.3, -0.25) is 4.79 Å². The number of aromatic nitrogens is 2. The van der Waals surface area contributed by atoms with Crippen LogP contribution < -0.4 is 4.74 Å². The van der Waals surface area contributed by atoms with E-state index in [1.165, 1.54) is 6.07 Å². The maximum absolute atomic E-state index is 15.6. The third kappa shape index (κ3) is 5.30. The van der Waals surface area contributed by atoms with Gasteiger partial charge in [0.2, 0.25) is 0 Å². The fraction of sp³-hybridized carbons (Fsp3) is 0.516. The molecule has 1 amide bonds. The van der Waals surface area contributed by atoms with Gasteiger partial charge in [0, 0.05) is 61.0 Å². The maximum Gasteiger partial charge on any atom is 0.337 e. The van der Waals surface area contributed by atoms with Crippen molar-refractivity contribution in [1.29, 1.82) is 0 Å². The second-order valence-corrected chi connectivity index (χ2v) is 12.1. The quantitative estimate of drug-likeness (QED) is 0.480. The minimum atomic E-state index is -1.37. The van der Waals surface area contributed by atoms with Crippen LogP contribution in [0, 0.1) is 19.7 Å². The number of aryl methyl sites for hydroxylation is 2. The lowest BCUT2D eigenvalue weighted by molar-refractivity contribution is -0.160. The van der Waals surface area contributed by atoms with Crippen molar-refractivity contribution in [3.63, 3.8) is 0 Å². The van der Waals surface area contributed by atoms with Crippen LogP contribution >= 0.6 is 0 Å². The molecular weight excluding hydrogens is 527 g/mol. The maximum atomic E-state index is 15.6. The Morgan fingerprint density at radius 3 is 2.44 bits per heavy atom. The van der Waals surface area contributed by atoms with Crippen LogP contribution in [0.3, 0.4) is 0 Å². The third-order valence-electron chi connectivity index (χ3n) is 8.08. The molecule has 0 unspecified atom stereocenters. The monoisotopic (exact) mass is 566 g/mol. The van der Waals surface area contributed by atoms with E-state index in [4.69, 9.17) is 14.5 Å². The molecule has 1 aromatic carbocycles. The number of carboxylic acid groups (broad SMARTS) is 1. The van der Waals surface area contributed by atoms with Crippen molar-refractivity contribution in [2.45, 2.75) is 59.2 Å². The summed E-state index contributed by atoms with van der Waals surface area (Å²) in [6.45, 7) is 12.2. The lowest BCUT2D eigenvalue weighted by Crippen LogP contribution is -2.47. The zero-order valence-corrected chi connectivity index (χ0v) is 24.9. The van der Waals surface area contributed by atoms with Crippen molar-refractivity contribution >= 4 is 22.9 Å². The molecule has 220 valence electrons. The average Bonchev–Trinajstić information content (AvgIpc) is 3.24. The Morgan fingerprint density at radius 1 is 1.12 bits per heavy atom. The van der Waals surface area contributed by atoms with Gasteiger partial charge in [-0.05, 0) is 77.8 Å². The number of carbonyl (C=O) groups excluding carboxylic acids is 1.